The Morgan fingerprint density at radius 3 is 2.54 bits per heavy atom. The number of amides is 1. The molecule has 5 nitrogen and oxygen atoms in total. The Morgan fingerprint density at radius 1 is 1.18 bits per heavy atom. The SMILES string of the molecule is CCCCNC(=O)c1ccc(CN=C(NCC)NCC2(C)CCCS2)cc1.I. The zero-order valence-electron chi connectivity index (χ0n) is 17.3. The summed E-state index contributed by atoms with van der Waals surface area (Å²) in [7, 11) is 0. The molecule has 0 spiro atoms. The van der Waals surface area contributed by atoms with Crippen molar-refractivity contribution in [2.45, 2.75) is 57.7 Å². The number of guanidine groups is 1. The Hall–Kier alpha value is -0.960. The molecule has 7 heteroatoms. The molecule has 1 atom stereocenters. The van der Waals surface area contributed by atoms with Gasteiger partial charge in [0.05, 0.1) is 6.54 Å². The van der Waals surface area contributed by atoms with Crippen LogP contribution in [-0.2, 0) is 6.54 Å². The molecule has 2 rings (SSSR count). The van der Waals surface area contributed by atoms with Crippen molar-refractivity contribution in [3.05, 3.63) is 35.4 Å². The average molecular weight is 519 g/mol. The summed E-state index contributed by atoms with van der Waals surface area (Å²) >= 11 is 2.05. The highest BCUT2D eigenvalue weighted by molar-refractivity contribution is 14.0. The van der Waals surface area contributed by atoms with Crippen LogP contribution in [0, 0.1) is 0 Å². The molecule has 1 fully saturated rings. The second-order valence-corrected chi connectivity index (χ2v) is 8.94. The minimum atomic E-state index is -0.00388. The van der Waals surface area contributed by atoms with Crippen molar-refractivity contribution in [1.29, 1.82) is 0 Å². The van der Waals surface area contributed by atoms with Gasteiger partial charge < -0.3 is 16.0 Å². The molecule has 0 radical (unpaired) electrons. The third kappa shape index (κ3) is 8.59. The molecule has 1 saturated heterocycles. The van der Waals surface area contributed by atoms with Crippen LogP contribution in [0.15, 0.2) is 29.3 Å². The zero-order chi connectivity index (χ0) is 19.5. The highest BCUT2D eigenvalue weighted by atomic mass is 127. The fourth-order valence-corrected chi connectivity index (χ4v) is 4.25. The maximum absolute atomic E-state index is 12.1. The summed E-state index contributed by atoms with van der Waals surface area (Å²) in [6.45, 7) is 9.62. The summed E-state index contributed by atoms with van der Waals surface area (Å²) in [5.74, 6) is 2.10. The van der Waals surface area contributed by atoms with Gasteiger partial charge in [0.25, 0.3) is 5.91 Å². The summed E-state index contributed by atoms with van der Waals surface area (Å²) in [6, 6.07) is 7.72. The van der Waals surface area contributed by atoms with Gasteiger partial charge >= 0.3 is 0 Å². The van der Waals surface area contributed by atoms with Crippen LogP contribution < -0.4 is 16.0 Å². The molecule has 0 saturated carbocycles. The molecule has 1 unspecified atom stereocenters. The standard InChI is InChI=1S/C21H34N4OS.HI/c1-4-6-13-23-19(26)18-10-8-17(9-11-18)15-24-20(22-5-2)25-16-21(3)12-7-14-27-21;/h8-11H,4-7,12-16H2,1-3H3,(H,23,26)(H2,22,24,25);1H. The normalized spacial score (nSPS) is 19.0. The topological polar surface area (TPSA) is 65.5 Å². The molecule has 1 aliphatic rings. The maximum atomic E-state index is 12.1. The van der Waals surface area contributed by atoms with E-state index in [-0.39, 0.29) is 29.9 Å². The van der Waals surface area contributed by atoms with Gasteiger partial charge in [-0.2, -0.15) is 11.8 Å². The lowest BCUT2D eigenvalue weighted by Gasteiger charge is -2.24. The molecular formula is C21H35IN4OS. The van der Waals surface area contributed by atoms with E-state index in [1.807, 2.05) is 36.0 Å². The van der Waals surface area contributed by atoms with Gasteiger partial charge in [0.1, 0.15) is 0 Å². The maximum Gasteiger partial charge on any atom is 0.251 e. The molecule has 1 amide bonds. The minimum Gasteiger partial charge on any atom is -0.357 e. The first-order chi connectivity index (χ1) is 13.1. The molecule has 0 aliphatic carbocycles. The van der Waals surface area contributed by atoms with Crippen LogP contribution in [-0.4, -0.2) is 42.0 Å². The van der Waals surface area contributed by atoms with E-state index in [2.05, 4.69) is 36.7 Å². The molecular weight excluding hydrogens is 483 g/mol. The first-order valence-corrected chi connectivity index (χ1v) is 11.1. The molecule has 28 heavy (non-hydrogen) atoms. The summed E-state index contributed by atoms with van der Waals surface area (Å²) in [5, 5.41) is 9.75. The van der Waals surface area contributed by atoms with E-state index in [1.54, 1.807) is 0 Å². The Labute approximate surface area is 191 Å². The van der Waals surface area contributed by atoms with Gasteiger partial charge in [0.2, 0.25) is 0 Å². The Morgan fingerprint density at radius 2 is 1.93 bits per heavy atom. The second-order valence-electron chi connectivity index (χ2n) is 7.26. The van der Waals surface area contributed by atoms with Gasteiger partial charge in [0, 0.05) is 29.9 Å². The van der Waals surface area contributed by atoms with Crippen LogP contribution in [0.2, 0.25) is 0 Å². The Bertz CT molecular complexity index is 615. The number of nitrogens with one attached hydrogen (secondary N) is 3. The molecule has 1 aliphatic heterocycles. The first-order valence-electron chi connectivity index (χ1n) is 10.1. The third-order valence-corrected chi connectivity index (χ3v) is 6.26. The average Bonchev–Trinajstić information content (AvgIpc) is 3.11. The van der Waals surface area contributed by atoms with E-state index < -0.39 is 0 Å². The molecule has 1 aromatic rings. The van der Waals surface area contributed by atoms with Crippen molar-refractivity contribution in [3.63, 3.8) is 0 Å². The van der Waals surface area contributed by atoms with E-state index >= 15 is 0 Å². The van der Waals surface area contributed by atoms with E-state index in [0.717, 1.165) is 44.0 Å². The van der Waals surface area contributed by atoms with E-state index in [0.29, 0.717) is 16.9 Å². The smallest absolute Gasteiger partial charge is 0.251 e. The Balaban J connectivity index is 0.00000392. The number of halogens is 1. The summed E-state index contributed by atoms with van der Waals surface area (Å²) in [5.41, 5.74) is 1.80. The largest absolute Gasteiger partial charge is 0.357 e. The number of unbranched alkanes of at least 4 members (excludes halogenated alkanes) is 1. The van der Waals surface area contributed by atoms with Gasteiger partial charge in [-0.05, 0) is 56.6 Å². The van der Waals surface area contributed by atoms with Crippen LogP contribution in [0.5, 0.6) is 0 Å². The molecule has 3 N–H and O–H groups in total. The number of aliphatic imine (C=N–C) groups is 1. The fourth-order valence-electron chi connectivity index (χ4n) is 3.00. The monoisotopic (exact) mass is 518 g/mol. The van der Waals surface area contributed by atoms with Crippen molar-refractivity contribution in [2.24, 2.45) is 4.99 Å². The molecule has 1 aromatic carbocycles. The van der Waals surface area contributed by atoms with Crippen LogP contribution in [0.4, 0.5) is 0 Å². The van der Waals surface area contributed by atoms with Gasteiger partial charge in [-0.3, -0.25) is 4.79 Å². The van der Waals surface area contributed by atoms with Gasteiger partial charge in [-0.15, -0.1) is 24.0 Å². The second kappa shape index (κ2) is 13.3. The lowest BCUT2D eigenvalue weighted by Crippen LogP contribution is -2.43. The van der Waals surface area contributed by atoms with Crippen LogP contribution in [0.1, 0.15) is 62.4 Å². The van der Waals surface area contributed by atoms with Crippen LogP contribution in [0.25, 0.3) is 0 Å². The lowest BCUT2D eigenvalue weighted by molar-refractivity contribution is 0.0953. The fraction of sp³-hybridized carbons (Fsp3) is 0.619. The predicted molar refractivity (Wildman–Crippen MR) is 132 cm³/mol. The molecule has 0 bridgehead atoms. The van der Waals surface area contributed by atoms with Crippen LogP contribution >= 0.6 is 35.7 Å². The van der Waals surface area contributed by atoms with Gasteiger partial charge in [0.15, 0.2) is 5.96 Å². The highest BCUT2D eigenvalue weighted by Gasteiger charge is 2.29. The first kappa shape index (κ1) is 25.1. The van der Waals surface area contributed by atoms with Crippen molar-refractivity contribution in [2.75, 3.05) is 25.4 Å². The summed E-state index contributed by atoms with van der Waals surface area (Å²) in [6.07, 6.45) is 4.65. The number of carbonyl (C=O) groups excluding carboxylic acids is 1. The number of hydrogen-bond acceptors (Lipinski definition) is 3. The van der Waals surface area contributed by atoms with Crippen molar-refractivity contribution in [1.82, 2.24) is 16.0 Å². The molecule has 0 aromatic heterocycles. The molecule has 1 heterocycles. The van der Waals surface area contributed by atoms with Crippen molar-refractivity contribution < 1.29 is 4.79 Å². The minimum absolute atomic E-state index is 0. The number of carbonyl (C=O) groups is 1. The van der Waals surface area contributed by atoms with Crippen molar-refractivity contribution in [3.8, 4) is 0 Å². The molecule has 158 valence electrons. The summed E-state index contributed by atoms with van der Waals surface area (Å²) < 4.78 is 0.309. The van der Waals surface area contributed by atoms with Crippen molar-refractivity contribution >= 4 is 47.6 Å². The Kier molecular flexibility index (Phi) is 11.9. The quantitative estimate of drug-likeness (QED) is 0.199. The van der Waals surface area contributed by atoms with E-state index in [9.17, 15) is 4.79 Å². The highest BCUT2D eigenvalue weighted by Crippen LogP contribution is 2.36. The van der Waals surface area contributed by atoms with E-state index in [4.69, 9.17) is 4.99 Å². The number of thioether (sulfide) groups is 1. The number of rotatable bonds is 9. The van der Waals surface area contributed by atoms with Crippen LogP contribution in [0.3, 0.4) is 0 Å². The van der Waals surface area contributed by atoms with E-state index in [1.165, 1.54) is 18.6 Å². The van der Waals surface area contributed by atoms with Gasteiger partial charge in [-0.1, -0.05) is 25.5 Å². The zero-order valence-corrected chi connectivity index (χ0v) is 20.5. The number of benzene rings is 1. The summed E-state index contributed by atoms with van der Waals surface area (Å²) in [4.78, 5) is 16.8. The number of hydrogen-bond donors (Lipinski definition) is 3. The van der Waals surface area contributed by atoms with Gasteiger partial charge in [-0.25, -0.2) is 4.99 Å². The number of nitrogens with zero attached hydrogens (tertiary/aromatic N) is 1. The lowest BCUT2D eigenvalue weighted by atomic mass is 10.1. The predicted octanol–water partition coefficient (Wildman–Crippen LogP) is 4.18. The third-order valence-electron chi connectivity index (χ3n) is 4.73.